The molecule has 7 nitrogen and oxygen atoms in total. The zero-order chi connectivity index (χ0) is 23.5. The molecule has 1 aromatic heterocycles. The highest BCUT2D eigenvalue weighted by molar-refractivity contribution is 8.18. The molecule has 0 N–H and O–H groups in total. The number of carbonyl (C=O) groups excluding carboxylic acids is 1. The van der Waals surface area contributed by atoms with Crippen molar-refractivity contribution in [1.29, 1.82) is 0 Å². The molecule has 4 rings (SSSR count). The van der Waals surface area contributed by atoms with E-state index in [1.165, 1.54) is 23.9 Å². The summed E-state index contributed by atoms with van der Waals surface area (Å²) in [6, 6.07) is 16.1. The van der Waals surface area contributed by atoms with Crippen molar-refractivity contribution in [2.75, 3.05) is 6.54 Å². The van der Waals surface area contributed by atoms with Gasteiger partial charge in [-0.05, 0) is 67.9 Å². The number of aliphatic imine (C=N–C) groups is 1. The van der Waals surface area contributed by atoms with Crippen LogP contribution in [0, 0.1) is 24.0 Å². The van der Waals surface area contributed by atoms with Crippen LogP contribution in [0.1, 0.15) is 30.2 Å². The molecule has 1 saturated heterocycles. The number of hydrogen-bond donors (Lipinski definition) is 0. The van der Waals surface area contributed by atoms with Crippen molar-refractivity contribution in [3.8, 4) is 11.3 Å². The molecule has 0 saturated carbocycles. The Balaban J connectivity index is 1.61. The molecule has 33 heavy (non-hydrogen) atoms. The number of benzene rings is 2. The summed E-state index contributed by atoms with van der Waals surface area (Å²) in [6.45, 7) is 6.42. The first kappa shape index (κ1) is 22.5. The van der Waals surface area contributed by atoms with Crippen LogP contribution in [0.25, 0.3) is 17.4 Å². The zero-order valence-electron chi connectivity index (χ0n) is 18.6. The average molecular weight is 462 g/mol. The van der Waals surface area contributed by atoms with Gasteiger partial charge in [0.2, 0.25) is 0 Å². The second-order valence-corrected chi connectivity index (χ2v) is 8.76. The lowest BCUT2D eigenvalue weighted by molar-refractivity contribution is -0.384. The molecule has 0 radical (unpaired) electrons. The molecule has 1 aliphatic rings. The zero-order valence-corrected chi connectivity index (χ0v) is 19.4. The fraction of sp³-hybridized carbons (Fsp3) is 0.200. The highest BCUT2D eigenvalue weighted by Gasteiger charge is 2.33. The van der Waals surface area contributed by atoms with E-state index in [2.05, 4.69) is 4.99 Å². The van der Waals surface area contributed by atoms with Gasteiger partial charge >= 0.3 is 0 Å². The Labute approximate surface area is 196 Å². The van der Waals surface area contributed by atoms with E-state index >= 15 is 0 Å². The quantitative estimate of drug-likeness (QED) is 0.238. The van der Waals surface area contributed by atoms with Crippen LogP contribution in [0.4, 0.5) is 11.4 Å². The Kier molecular flexibility index (Phi) is 6.46. The van der Waals surface area contributed by atoms with E-state index in [0.717, 1.165) is 28.8 Å². The fourth-order valence-electron chi connectivity index (χ4n) is 3.48. The van der Waals surface area contributed by atoms with Gasteiger partial charge in [0.1, 0.15) is 11.5 Å². The molecule has 1 aliphatic heterocycles. The molecular weight excluding hydrogens is 438 g/mol. The normalized spacial score (nSPS) is 16.2. The Hall–Kier alpha value is -3.65. The number of amides is 1. The first-order valence-corrected chi connectivity index (χ1v) is 11.4. The summed E-state index contributed by atoms with van der Waals surface area (Å²) in [5, 5.41) is 11.6. The van der Waals surface area contributed by atoms with Gasteiger partial charge in [0.05, 0.1) is 15.5 Å². The molecule has 0 atom stereocenters. The van der Waals surface area contributed by atoms with Crippen LogP contribution in [0.2, 0.25) is 0 Å². The first-order valence-electron chi connectivity index (χ1n) is 10.6. The van der Waals surface area contributed by atoms with Crippen LogP contribution in [0.3, 0.4) is 0 Å². The Bertz CT molecular complexity index is 1280. The lowest BCUT2D eigenvalue weighted by Gasteiger charge is -2.13. The first-order chi connectivity index (χ1) is 15.9. The minimum Gasteiger partial charge on any atom is -0.457 e. The van der Waals surface area contributed by atoms with Crippen molar-refractivity contribution in [3.05, 3.63) is 86.5 Å². The summed E-state index contributed by atoms with van der Waals surface area (Å²) < 4.78 is 5.95. The Morgan fingerprint density at radius 3 is 2.55 bits per heavy atom. The third-order valence-electron chi connectivity index (χ3n) is 5.18. The summed E-state index contributed by atoms with van der Waals surface area (Å²) in [7, 11) is 0. The van der Waals surface area contributed by atoms with Gasteiger partial charge < -0.3 is 4.42 Å². The van der Waals surface area contributed by atoms with Crippen LogP contribution < -0.4 is 0 Å². The minimum atomic E-state index is -0.421. The third-order valence-corrected chi connectivity index (χ3v) is 6.19. The number of nitro benzene ring substituents is 1. The molecule has 0 aliphatic carbocycles. The summed E-state index contributed by atoms with van der Waals surface area (Å²) >= 11 is 1.33. The van der Waals surface area contributed by atoms with Crippen molar-refractivity contribution in [2.45, 2.75) is 27.2 Å². The van der Waals surface area contributed by atoms with Crippen molar-refractivity contribution >= 4 is 40.3 Å². The highest BCUT2D eigenvalue weighted by atomic mass is 32.2. The lowest BCUT2D eigenvalue weighted by atomic mass is 10.1. The SMILES string of the molecule is CCCN1C(=O)/C(=C\c2ccc(-c3ccc([N+](=O)[O-])cc3C)o2)SC1=Nc1ccc(C)cc1. The van der Waals surface area contributed by atoms with E-state index in [4.69, 9.17) is 4.42 Å². The van der Waals surface area contributed by atoms with E-state index in [1.807, 2.05) is 38.1 Å². The number of non-ortho nitro benzene ring substituents is 1. The molecular formula is C25H23N3O4S. The fourth-order valence-corrected chi connectivity index (χ4v) is 4.49. The van der Waals surface area contributed by atoms with Crippen LogP contribution in [-0.2, 0) is 4.79 Å². The summed E-state index contributed by atoms with van der Waals surface area (Å²) in [4.78, 5) is 30.5. The Morgan fingerprint density at radius 2 is 1.88 bits per heavy atom. The van der Waals surface area contributed by atoms with Gasteiger partial charge in [-0.15, -0.1) is 0 Å². The van der Waals surface area contributed by atoms with Crippen LogP contribution in [0.5, 0.6) is 0 Å². The second-order valence-electron chi connectivity index (χ2n) is 7.76. The average Bonchev–Trinajstić information content (AvgIpc) is 3.36. The van der Waals surface area contributed by atoms with Crippen LogP contribution in [-0.4, -0.2) is 27.4 Å². The largest absolute Gasteiger partial charge is 0.457 e. The van der Waals surface area contributed by atoms with E-state index in [1.54, 1.807) is 36.1 Å². The number of nitro groups is 1. The van der Waals surface area contributed by atoms with Gasteiger partial charge in [0.25, 0.3) is 11.6 Å². The van der Waals surface area contributed by atoms with E-state index < -0.39 is 4.92 Å². The van der Waals surface area contributed by atoms with E-state index in [0.29, 0.717) is 28.1 Å². The molecule has 0 unspecified atom stereocenters. The van der Waals surface area contributed by atoms with E-state index in [9.17, 15) is 14.9 Å². The van der Waals surface area contributed by atoms with Crippen molar-refractivity contribution in [2.24, 2.45) is 4.99 Å². The maximum absolute atomic E-state index is 13.0. The third kappa shape index (κ3) is 4.90. The van der Waals surface area contributed by atoms with E-state index in [-0.39, 0.29) is 11.6 Å². The molecule has 0 spiro atoms. The lowest BCUT2D eigenvalue weighted by Crippen LogP contribution is -2.29. The molecule has 1 fully saturated rings. The number of amidine groups is 1. The maximum atomic E-state index is 13.0. The molecule has 0 bridgehead atoms. The molecule has 3 aromatic rings. The summed E-state index contributed by atoms with van der Waals surface area (Å²) in [5.41, 5.74) is 3.49. The van der Waals surface area contributed by atoms with Crippen molar-refractivity contribution in [1.82, 2.24) is 4.90 Å². The van der Waals surface area contributed by atoms with Crippen LogP contribution in [0.15, 0.2) is 68.9 Å². The summed E-state index contributed by atoms with van der Waals surface area (Å²) in [5.74, 6) is 1.02. The second kappa shape index (κ2) is 9.46. The van der Waals surface area contributed by atoms with Crippen molar-refractivity contribution in [3.63, 3.8) is 0 Å². The number of carbonyl (C=O) groups is 1. The molecule has 8 heteroatoms. The number of thioether (sulfide) groups is 1. The molecule has 168 valence electrons. The number of hydrogen-bond acceptors (Lipinski definition) is 6. The maximum Gasteiger partial charge on any atom is 0.269 e. The predicted octanol–water partition coefficient (Wildman–Crippen LogP) is 6.49. The Morgan fingerprint density at radius 1 is 1.12 bits per heavy atom. The number of aryl methyl sites for hydroxylation is 2. The predicted molar refractivity (Wildman–Crippen MR) is 131 cm³/mol. The topological polar surface area (TPSA) is 89.0 Å². The monoisotopic (exact) mass is 461 g/mol. The van der Waals surface area contributed by atoms with Crippen molar-refractivity contribution < 1.29 is 14.1 Å². The highest BCUT2D eigenvalue weighted by Crippen LogP contribution is 2.35. The van der Waals surface area contributed by atoms with Gasteiger partial charge in [0.15, 0.2) is 5.17 Å². The summed E-state index contributed by atoms with van der Waals surface area (Å²) in [6.07, 6.45) is 2.54. The number of furan rings is 1. The minimum absolute atomic E-state index is 0.0366. The van der Waals surface area contributed by atoms with Gasteiger partial charge in [-0.1, -0.05) is 24.6 Å². The number of rotatable bonds is 6. The molecule has 1 amide bonds. The molecule has 2 heterocycles. The molecule has 2 aromatic carbocycles. The van der Waals surface area contributed by atoms with Gasteiger partial charge in [0, 0.05) is 30.3 Å². The van der Waals surface area contributed by atoms with Gasteiger partial charge in [-0.25, -0.2) is 4.99 Å². The standard InChI is InChI=1S/C25H23N3O4S/c1-4-13-27-24(29)23(33-25(27)26-18-7-5-16(2)6-8-18)15-20-10-12-22(32-20)21-11-9-19(28(30)31)14-17(21)3/h5-12,14-15H,4,13H2,1-3H3/b23-15+,26-25?. The smallest absolute Gasteiger partial charge is 0.269 e. The van der Waals surface area contributed by atoms with Crippen LogP contribution >= 0.6 is 11.8 Å². The number of nitrogens with zero attached hydrogens (tertiary/aromatic N) is 3. The van der Waals surface area contributed by atoms with Gasteiger partial charge in [-0.3, -0.25) is 19.8 Å². The van der Waals surface area contributed by atoms with Gasteiger partial charge in [-0.2, -0.15) is 0 Å².